The van der Waals surface area contributed by atoms with E-state index in [1.165, 1.54) is 13.0 Å². The van der Waals surface area contributed by atoms with Crippen LogP contribution in [-0.2, 0) is 14.8 Å². The van der Waals surface area contributed by atoms with Crippen molar-refractivity contribution in [1.29, 1.82) is 0 Å². The number of carbonyl (C=O) groups is 1. The fourth-order valence-electron chi connectivity index (χ4n) is 2.95. The van der Waals surface area contributed by atoms with E-state index in [-0.39, 0.29) is 17.3 Å². The van der Waals surface area contributed by atoms with Crippen molar-refractivity contribution < 1.29 is 13.2 Å². The highest BCUT2D eigenvalue weighted by Gasteiger charge is 2.16. The fraction of sp³-hybridized carbons (Fsp3) is 0.250. The van der Waals surface area contributed by atoms with Gasteiger partial charge in [-0.2, -0.15) is 0 Å². The maximum absolute atomic E-state index is 12.6. The maximum Gasteiger partial charge on any atom is 0.240 e. The standard InChI is InChI=1S/C20H24N6O3S/c1-14-12-17(25-16(3)27)6-7-18(14)30(28,29)22-9-8-21-19-13-20(24-15(2)23-19)26-10-4-5-11-26/h4-7,10-13,22H,8-9H2,1-3H3,(H,25,27)(H,21,23,24). The van der Waals surface area contributed by atoms with Gasteiger partial charge in [0.05, 0.1) is 4.90 Å². The number of nitrogens with one attached hydrogen (secondary N) is 3. The molecule has 9 nitrogen and oxygen atoms in total. The molecule has 3 rings (SSSR count). The summed E-state index contributed by atoms with van der Waals surface area (Å²) in [7, 11) is -3.68. The van der Waals surface area contributed by atoms with Gasteiger partial charge in [0.2, 0.25) is 15.9 Å². The molecule has 0 atom stereocenters. The molecule has 0 spiro atoms. The van der Waals surface area contributed by atoms with Gasteiger partial charge in [0.25, 0.3) is 0 Å². The summed E-state index contributed by atoms with van der Waals surface area (Å²) in [4.78, 5) is 20.0. The third kappa shape index (κ3) is 5.43. The first kappa shape index (κ1) is 21.5. The molecule has 0 saturated heterocycles. The summed E-state index contributed by atoms with van der Waals surface area (Å²) < 4.78 is 29.7. The molecule has 0 aliphatic rings. The van der Waals surface area contributed by atoms with Crippen LogP contribution in [0.1, 0.15) is 18.3 Å². The SMILES string of the molecule is CC(=O)Nc1ccc(S(=O)(=O)NCCNc2cc(-n3cccc3)nc(C)n2)c(C)c1. The molecule has 3 N–H and O–H groups in total. The van der Waals surface area contributed by atoms with Crippen LogP contribution in [0.2, 0.25) is 0 Å². The minimum atomic E-state index is -3.68. The lowest BCUT2D eigenvalue weighted by Gasteiger charge is -2.12. The molecule has 10 heteroatoms. The minimum Gasteiger partial charge on any atom is -0.369 e. The van der Waals surface area contributed by atoms with E-state index in [1.807, 2.05) is 29.1 Å². The van der Waals surface area contributed by atoms with E-state index in [0.29, 0.717) is 29.4 Å². The number of benzene rings is 1. The van der Waals surface area contributed by atoms with Crippen molar-refractivity contribution in [2.75, 3.05) is 23.7 Å². The quantitative estimate of drug-likeness (QED) is 0.474. The zero-order chi connectivity index (χ0) is 21.7. The van der Waals surface area contributed by atoms with Crippen LogP contribution in [0.15, 0.2) is 53.7 Å². The third-order valence-corrected chi connectivity index (χ3v) is 5.82. The van der Waals surface area contributed by atoms with Gasteiger partial charge < -0.3 is 15.2 Å². The number of sulfonamides is 1. The van der Waals surface area contributed by atoms with Crippen molar-refractivity contribution in [1.82, 2.24) is 19.3 Å². The van der Waals surface area contributed by atoms with E-state index < -0.39 is 10.0 Å². The highest BCUT2D eigenvalue weighted by molar-refractivity contribution is 7.89. The predicted octanol–water partition coefficient (Wildman–Crippen LogP) is 2.23. The highest BCUT2D eigenvalue weighted by Crippen LogP contribution is 2.19. The number of amides is 1. The number of carbonyl (C=O) groups excluding carboxylic acids is 1. The van der Waals surface area contributed by atoms with Crippen molar-refractivity contribution in [2.45, 2.75) is 25.7 Å². The molecule has 2 aromatic heterocycles. The van der Waals surface area contributed by atoms with Crippen LogP contribution < -0.4 is 15.4 Å². The summed E-state index contributed by atoms with van der Waals surface area (Å²) in [5.74, 6) is 1.74. The number of aromatic nitrogens is 3. The van der Waals surface area contributed by atoms with Crippen molar-refractivity contribution in [3.05, 3.63) is 60.2 Å². The largest absolute Gasteiger partial charge is 0.369 e. The summed E-state index contributed by atoms with van der Waals surface area (Å²) in [6.07, 6.45) is 3.78. The summed E-state index contributed by atoms with van der Waals surface area (Å²) in [5.41, 5.74) is 1.10. The molecule has 0 unspecified atom stereocenters. The Bertz CT molecular complexity index is 1140. The molecule has 30 heavy (non-hydrogen) atoms. The molecule has 0 bridgehead atoms. The lowest BCUT2D eigenvalue weighted by molar-refractivity contribution is -0.114. The van der Waals surface area contributed by atoms with Gasteiger partial charge in [-0.05, 0) is 49.7 Å². The van der Waals surface area contributed by atoms with E-state index in [4.69, 9.17) is 0 Å². The molecule has 0 fully saturated rings. The predicted molar refractivity (Wildman–Crippen MR) is 115 cm³/mol. The van der Waals surface area contributed by atoms with E-state index in [0.717, 1.165) is 5.82 Å². The van der Waals surface area contributed by atoms with Crippen LogP contribution in [0.5, 0.6) is 0 Å². The molecule has 158 valence electrons. The zero-order valence-corrected chi connectivity index (χ0v) is 17.8. The lowest BCUT2D eigenvalue weighted by Crippen LogP contribution is -2.29. The van der Waals surface area contributed by atoms with Crippen LogP contribution in [-0.4, -0.2) is 41.9 Å². The first-order valence-electron chi connectivity index (χ1n) is 9.35. The monoisotopic (exact) mass is 428 g/mol. The van der Waals surface area contributed by atoms with E-state index in [1.54, 1.807) is 32.0 Å². The third-order valence-electron chi connectivity index (χ3n) is 4.20. The van der Waals surface area contributed by atoms with Crippen LogP contribution in [0.3, 0.4) is 0 Å². The van der Waals surface area contributed by atoms with Crippen molar-refractivity contribution >= 4 is 27.4 Å². The Labute approximate surface area is 175 Å². The van der Waals surface area contributed by atoms with Gasteiger partial charge in [0, 0.05) is 44.2 Å². The highest BCUT2D eigenvalue weighted by atomic mass is 32.2. The van der Waals surface area contributed by atoms with Gasteiger partial charge in [-0.1, -0.05) is 0 Å². The smallest absolute Gasteiger partial charge is 0.240 e. The van der Waals surface area contributed by atoms with Crippen LogP contribution in [0.4, 0.5) is 11.5 Å². The second-order valence-electron chi connectivity index (χ2n) is 6.73. The molecule has 0 aliphatic heterocycles. The molecule has 0 aliphatic carbocycles. The van der Waals surface area contributed by atoms with Gasteiger partial charge in [-0.25, -0.2) is 23.1 Å². The van der Waals surface area contributed by atoms with E-state index in [2.05, 4.69) is 25.3 Å². The summed E-state index contributed by atoms with van der Waals surface area (Å²) in [6.45, 7) is 5.41. The molecular weight excluding hydrogens is 404 g/mol. The minimum absolute atomic E-state index is 0.171. The Morgan fingerprint density at radius 3 is 2.47 bits per heavy atom. The number of hydrogen-bond acceptors (Lipinski definition) is 6. The topological polar surface area (TPSA) is 118 Å². The lowest BCUT2D eigenvalue weighted by atomic mass is 10.2. The summed E-state index contributed by atoms with van der Waals surface area (Å²) in [5, 5.41) is 5.75. The number of anilines is 2. The van der Waals surface area contributed by atoms with E-state index >= 15 is 0 Å². The van der Waals surface area contributed by atoms with Crippen LogP contribution in [0, 0.1) is 13.8 Å². The summed E-state index contributed by atoms with van der Waals surface area (Å²) >= 11 is 0. The Morgan fingerprint density at radius 1 is 1.07 bits per heavy atom. The van der Waals surface area contributed by atoms with E-state index in [9.17, 15) is 13.2 Å². The molecule has 1 aromatic carbocycles. The van der Waals surface area contributed by atoms with Crippen LogP contribution in [0.25, 0.3) is 5.82 Å². The molecule has 2 heterocycles. The summed E-state index contributed by atoms with van der Waals surface area (Å²) in [6, 6.07) is 10.3. The Morgan fingerprint density at radius 2 is 1.80 bits per heavy atom. The fourth-order valence-corrected chi connectivity index (χ4v) is 4.20. The van der Waals surface area contributed by atoms with Gasteiger partial charge in [0.1, 0.15) is 17.5 Å². The van der Waals surface area contributed by atoms with Gasteiger partial charge in [-0.3, -0.25) is 4.79 Å². The maximum atomic E-state index is 12.6. The second kappa shape index (κ2) is 9.06. The Kier molecular flexibility index (Phi) is 6.48. The zero-order valence-electron chi connectivity index (χ0n) is 17.0. The normalized spacial score (nSPS) is 11.3. The molecule has 1 amide bonds. The number of rotatable bonds is 8. The number of aryl methyl sites for hydroxylation is 2. The second-order valence-corrected chi connectivity index (χ2v) is 8.47. The van der Waals surface area contributed by atoms with Gasteiger partial charge in [-0.15, -0.1) is 0 Å². The number of nitrogens with zero attached hydrogens (tertiary/aromatic N) is 3. The average molecular weight is 429 g/mol. The van der Waals surface area contributed by atoms with Crippen molar-refractivity contribution in [3.63, 3.8) is 0 Å². The average Bonchev–Trinajstić information content (AvgIpc) is 3.19. The Balaban J connectivity index is 1.61. The first-order valence-corrected chi connectivity index (χ1v) is 10.8. The Hall–Kier alpha value is -3.24. The number of hydrogen-bond donors (Lipinski definition) is 3. The van der Waals surface area contributed by atoms with Crippen molar-refractivity contribution in [2.24, 2.45) is 0 Å². The molecule has 0 radical (unpaired) electrons. The first-order chi connectivity index (χ1) is 14.2. The molecular formula is C20H24N6O3S. The molecule has 0 saturated carbocycles. The van der Waals surface area contributed by atoms with Crippen LogP contribution >= 0.6 is 0 Å². The van der Waals surface area contributed by atoms with Gasteiger partial charge >= 0.3 is 0 Å². The van der Waals surface area contributed by atoms with Gasteiger partial charge in [0.15, 0.2) is 0 Å². The van der Waals surface area contributed by atoms with Crippen molar-refractivity contribution in [3.8, 4) is 5.82 Å². The molecule has 3 aromatic rings.